The number of carbonyl (C=O) groups is 1. The third-order valence-electron chi connectivity index (χ3n) is 5.51. The van der Waals surface area contributed by atoms with Crippen LogP contribution in [0.3, 0.4) is 0 Å². The van der Waals surface area contributed by atoms with Crippen molar-refractivity contribution in [1.29, 1.82) is 0 Å². The largest absolute Gasteiger partial charge is 0.364 e. The highest BCUT2D eigenvalue weighted by atomic mass is 16.5. The summed E-state index contributed by atoms with van der Waals surface area (Å²) in [6.07, 6.45) is 3.57. The van der Waals surface area contributed by atoms with E-state index >= 15 is 0 Å². The average Bonchev–Trinajstić information content (AvgIpc) is 3.36. The van der Waals surface area contributed by atoms with Crippen LogP contribution in [0.15, 0.2) is 42.5 Å². The molecule has 2 aliphatic rings. The fourth-order valence-electron chi connectivity index (χ4n) is 3.90. The second-order valence-electron chi connectivity index (χ2n) is 7.32. The van der Waals surface area contributed by atoms with Crippen molar-refractivity contribution >= 4 is 16.7 Å². The van der Waals surface area contributed by atoms with Gasteiger partial charge in [0.05, 0.1) is 12.1 Å². The molecule has 2 aromatic rings. The van der Waals surface area contributed by atoms with Gasteiger partial charge in [-0.15, -0.1) is 0 Å². The number of hydrogen-bond acceptors (Lipinski definition) is 3. The summed E-state index contributed by atoms with van der Waals surface area (Å²) in [6, 6.07) is 15.3. The van der Waals surface area contributed by atoms with E-state index in [0.29, 0.717) is 12.6 Å². The smallest absolute Gasteiger partial charge is 0.252 e. The van der Waals surface area contributed by atoms with Gasteiger partial charge in [0.2, 0.25) is 0 Å². The molecule has 2 fully saturated rings. The van der Waals surface area contributed by atoms with Gasteiger partial charge in [0, 0.05) is 12.6 Å². The quantitative estimate of drug-likeness (QED) is 0.909. The molecule has 2 N–H and O–H groups in total. The van der Waals surface area contributed by atoms with Crippen molar-refractivity contribution in [1.82, 2.24) is 4.90 Å². The van der Waals surface area contributed by atoms with E-state index in [1.165, 1.54) is 16.3 Å². The van der Waals surface area contributed by atoms with Crippen LogP contribution in [0.25, 0.3) is 10.8 Å². The van der Waals surface area contributed by atoms with Gasteiger partial charge in [0.15, 0.2) is 0 Å². The van der Waals surface area contributed by atoms with E-state index in [2.05, 4.69) is 54.3 Å². The van der Waals surface area contributed by atoms with E-state index < -0.39 is 0 Å². The number of hydrogen-bond donors (Lipinski definition) is 1. The number of nitrogens with two attached hydrogens (primary N) is 1. The van der Waals surface area contributed by atoms with Crippen LogP contribution in [0.4, 0.5) is 0 Å². The maximum Gasteiger partial charge on any atom is 0.252 e. The van der Waals surface area contributed by atoms with Crippen LogP contribution in [-0.4, -0.2) is 35.6 Å². The number of amides is 1. The van der Waals surface area contributed by atoms with Gasteiger partial charge in [-0.1, -0.05) is 36.4 Å². The first-order valence-electron chi connectivity index (χ1n) is 9.34. The van der Waals surface area contributed by atoms with E-state index in [0.717, 1.165) is 25.7 Å². The maximum absolute atomic E-state index is 13.1. The second kappa shape index (κ2) is 6.77. The van der Waals surface area contributed by atoms with E-state index in [1.54, 1.807) is 0 Å². The van der Waals surface area contributed by atoms with E-state index in [4.69, 9.17) is 10.5 Å². The molecule has 1 unspecified atom stereocenters. The first-order valence-corrected chi connectivity index (χ1v) is 9.34. The molecular weight excluding hydrogens is 312 g/mol. The van der Waals surface area contributed by atoms with Gasteiger partial charge in [0.1, 0.15) is 6.10 Å². The fourth-order valence-corrected chi connectivity index (χ4v) is 3.90. The molecule has 1 aliphatic carbocycles. The van der Waals surface area contributed by atoms with Gasteiger partial charge in [-0.05, 0) is 55.0 Å². The third-order valence-corrected chi connectivity index (χ3v) is 5.51. The van der Waals surface area contributed by atoms with Crippen molar-refractivity contribution in [2.45, 2.75) is 56.9 Å². The molecule has 3 atom stereocenters. The van der Waals surface area contributed by atoms with Crippen LogP contribution < -0.4 is 5.73 Å². The molecule has 0 radical (unpaired) electrons. The molecule has 1 amide bonds. The molecule has 4 rings (SSSR count). The lowest BCUT2D eigenvalue weighted by Gasteiger charge is -2.32. The number of carbonyl (C=O) groups excluding carboxylic acids is 1. The minimum atomic E-state index is -0.322. The molecule has 25 heavy (non-hydrogen) atoms. The Morgan fingerprint density at radius 3 is 2.60 bits per heavy atom. The summed E-state index contributed by atoms with van der Waals surface area (Å²) in [5.74, 6) is 0.138. The normalized spacial score (nSPS) is 24.4. The minimum Gasteiger partial charge on any atom is -0.364 e. The second-order valence-corrected chi connectivity index (χ2v) is 7.32. The summed E-state index contributed by atoms with van der Waals surface area (Å²) in [5.41, 5.74) is 6.89. The molecule has 0 spiro atoms. The molecule has 4 heteroatoms. The molecule has 2 aromatic carbocycles. The number of nitrogens with zero attached hydrogens (tertiary/aromatic N) is 1. The Labute approximate surface area is 148 Å². The van der Waals surface area contributed by atoms with Gasteiger partial charge in [-0.2, -0.15) is 0 Å². The van der Waals surface area contributed by atoms with Crippen molar-refractivity contribution < 1.29 is 9.53 Å². The number of ether oxygens (including phenoxy) is 1. The standard InChI is InChI=1S/C21H26N2O2/c1-14(16-7-6-15-4-2-3-5-17(15)12-16)23(18-8-9-18)21(24)20-11-10-19(13-22)25-20/h2-7,12,14,18-20H,8-11,13,22H2,1H3/t14?,19-,20+/m1/s1. The zero-order valence-electron chi connectivity index (χ0n) is 14.7. The van der Waals surface area contributed by atoms with Crippen LogP contribution in [0.1, 0.15) is 44.2 Å². The Kier molecular flexibility index (Phi) is 4.48. The van der Waals surface area contributed by atoms with Gasteiger partial charge < -0.3 is 15.4 Å². The van der Waals surface area contributed by atoms with Crippen LogP contribution in [-0.2, 0) is 9.53 Å². The Hall–Kier alpha value is -1.91. The Morgan fingerprint density at radius 2 is 1.92 bits per heavy atom. The zero-order chi connectivity index (χ0) is 17.4. The first-order chi connectivity index (χ1) is 12.2. The van der Waals surface area contributed by atoms with Crippen LogP contribution in [0.5, 0.6) is 0 Å². The highest BCUT2D eigenvalue weighted by Crippen LogP contribution is 2.37. The summed E-state index contributed by atoms with van der Waals surface area (Å²) in [4.78, 5) is 15.2. The highest BCUT2D eigenvalue weighted by Gasteiger charge is 2.41. The monoisotopic (exact) mass is 338 g/mol. The van der Waals surface area contributed by atoms with Crippen molar-refractivity contribution in [3.63, 3.8) is 0 Å². The lowest BCUT2D eigenvalue weighted by molar-refractivity contribution is -0.145. The van der Waals surface area contributed by atoms with Crippen LogP contribution in [0, 0.1) is 0 Å². The molecule has 1 aliphatic heterocycles. The van der Waals surface area contributed by atoms with Gasteiger partial charge in [0.25, 0.3) is 5.91 Å². The number of benzene rings is 2. The molecule has 1 heterocycles. The lowest BCUT2D eigenvalue weighted by Crippen LogP contribution is -2.42. The lowest BCUT2D eigenvalue weighted by atomic mass is 10.0. The Morgan fingerprint density at radius 1 is 1.16 bits per heavy atom. The third kappa shape index (κ3) is 3.29. The SMILES string of the molecule is CC(c1ccc2ccccc2c1)N(C(=O)[C@@H]1CC[C@H](CN)O1)C1CC1. The summed E-state index contributed by atoms with van der Waals surface area (Å²) in [7, 11) is 0. The zero-order valence-corrected chi connectivity index (χ0v) is 14.7. The predicted octanol–water partition coefficient (Wildman–Crippen LogP) is 3.40. The molecule has 1 saturated heterocycles. The van der Waals surface area contributed by atoms with Gasteiger partial charge in [-0.25, -0.2) is 0 Å². The highest BCUT2D eigenvalue weighted by molar-refractivity contribution is 5.84. The molecule has 0 aromatic heterocycles. The summed E-state index contributed by atoms with van der Waals surface area (Å²) in [5, 5.41) is 2.45. The van der Waals surface area contributed by atoms with Crippen molar-refractivity contribution in [3.05, 3.63) is 48.0 Å². The van der Waals surface area contributed by atoms with E-state index in [9.17, 15) is 4.79 Å². The van der Waals surface area contributed by atoms with Crippen molar-refractivity contribution in [2.24, 2.45) is 5.73 Å². The minimum absolute atomic E-state index is 0.0333. The predicted molar refractivity (Wildman–Crippen MR) is 99.2 cm³/mol. The fraction of sp³-hybridized carbons (Fsp3) is 0.476. The molecule has 132 valence electrons. The molecule has 4 nitrogen and oxygen atoms in total. The van der Waals surface area contributed by atoms with E-state index in [-0.39, 0.29) is 24.2 Å². The summed E-state index contributed by atoms with van der Waals surface area (Å²) < 4.78 is 5.87. The van der Waals surface area contributed by atoms with Crippen molar-refractivity contribution in [2.75, 3.05) is 6.54 Å². The Balaban J connectivity index is 1.58. The van der Waals surface area contributed by atoms with Crippen molar-refractivity contribution in [3.8, 4) is 0 Å². The molecule has 0 bridgehead atoms. The molecule has 1 saturated carbocycles. The molecular formula is C21H26N2O2. The summed E-state index contributed by atoms with van der Waals surface area (Å²) >= 11 is 0. The maximum atomic E-state index is 13.1. The number of fused-ring (bicyclic) bond motifs is 1. The topological polar surface area (TPSA) is 55.6 Å². The first kappa shape index (κ1) is 16.6. The average molecular weight is 338 g/mol. The van der Waals surface area contributed by atoms with Gasteiger partial charge in [-0.3, -0.25) is 4.79 Å². The van der Waals surface area contributed by atoms with Gasteiger partial charge >= 0.3 is 0 Å². The summed E-state index contributed by atoms with van der Waals surface area (Å²) in [6.45, 7) is 2.63. The Bertz CT molecular complexity index is 771. The van der Waals surface area contributed by atoms with E-state index in [1.807, 2.05) is 0 Å². The number of rotatable bonds is 5. The van der Waals surface area contributed by atoms with Crippen LogP contribution in [0.2, 0.25) is 0 Å². The van der Waals surface area contributed by atoms with Crippen LogP contribution >= 0.6 is 0 Å².